The van der Waals surface area contributed by atoms with Gasteiger partial charge in [0.05, 0.1) is 22.0 Å². The first-order chi connectivity index (χ1) is 13.1. The highest BCUT2D eigenvalue weighted by atomic mass is 35.5. The summed E-state index contributed by atoms with van der Waals surface area (Å²) < 4.78 is 36.9. The number of nitrogens with one attached hydrogen (secondary N) is 2. The Hall–Kier alpha value is -2.16. The average Bonchev–Trinajstić information content (AvgIpc) is 2.60. The lowest BCUT2D eigenvalue weighted by Gasteiger charge is -2.19. The lowest BCUT2D eigenvalue weighted by molar-refractivity contribution is -0.118. The molecule has 0 bridgehead atoms. The molecule has 0 saturated carbocycles. The highest BCUT2D eigenvalue weighted by Gasteiger charge is 2.24. The van der Waals surface area contributed by atoms with E-state index in [4.69, 9.17) is 23.2 Å². The highest BCUT2D eigenvalue weighted by molar-refractivity contribution is 7.90. The monoisotopic (exact) mass is 446 g/mol. The van der Waals surface area contributed by atoms with E-state index in [0.29, 0.717) is 0 Å². The van der Waals surface area contributed by atoms with Crippen LogP contribution in [0.15, 0.2) is 42.5 Å². The molecule has 0 aliphatic rings. The van der Waals surface area contributed by atoms with Crippen LogP contribution in [-0.4, -0.2) is 38.3 Å². The van der Waals surface area contributed by atoms with Gasteiger partial charge >= 0.3 is 0 Å². The van der Waals surface area contributed by atoms with E-state index in [2.05, 4.69) is 10.6 Å². The van der Waals surface area contributed by atoms with Crippen molar-refractivity contribution in [2.75, 3.05) is 17.3 Å². The van der Waals surface area contributed by atoms with Crippen LogP contribution in [0.25, 0.3) is 0 Å². The van der Waals surface area contributed by atoms with E-state index in [1.54, 1.807) is 12.1 Å². The van der Waals surface area contributed by atoms with Crippen molar-refractivity contribution in [2.45, 2.75) is 12.5 Å². The summed E-state index contributed by atoms with van der Waals surface area (Å²) in [6.07, 6.45) is 0.812. The third kappa shape index (κ3) is 6.47. The Morgan fingerprint density at radius 1 is 1.14 bits per heavy atom. The number of rotatable bonds is 7. The van der Waals surface area contributed by atoms with Crippen LogP contribution in [0, 0.1) is 5.82 Å². The van der Waals surface area contributed by atoms with Crippen molar-refractivity contribution in [1.29, 1.82) is 0 Å². The Labute approximate surface area is 171 Å². The Morgan fingerprint density at radius 3 is 2.43 bits per heavy atom. The zero-order valence-electron chi connectivity index (χ0n) is 14.7. The minimum absolute atomic E-state index is 0.124. The number of halogens is 3. The summed E-state index contributed by atoms with van der Waals surface area (Å²) in [4.78, 5) is 25.0. The van der Waals surface area contributed by atoms with Crippen LogP contribution < -0.4 is 10.6 Å². The van der Waals surface area contributed by atoms with Gasteiger partial charge in [-0.25, -0.2) is 12.8 Å². The highest BCUT2D eigenvalue weighted by Crippen LogP contribution is 2.20. The van der Waals surface area contributed by atoms with Crippen LogP contribution in [-0.2, 0) is 14.6 Å². The Morgan fingerprint density at radius 2 is 1.82 bits per heavy atom. The Balaban J connectivity index is 2.21. The maximum atomic E-state index is 13.9. The zero-order valence-corrected chi connectivity index (χ0v) is 17.0. The summed E-state index contributed by atoms with van der Waals surface area (Å²) in [6, 6.07) is 8.63. The molecule has 0 heterocycles. The number of anilines is 1. The van der Waals surface area contributed by atoms with Gasteiger partial charge in [-0.05, 0) is 36.8 Å². The Bertz CT molecular complexity index is 999. The van der Waals surface area contributed by atoms with Crippen molar-refractivity contribution in [3.63, 3.8) is 0 Å². The van der Waals surface area contributed by atoms with E-state index < -0.39 is 33.5 Å². The maximum Gasteiger partial charge on any atom is 0.253 e. The molecule has 2 amide bonds. The van der Waals surface area contributed by atoms with E-state index in [0.717, 1.165) is 12.3 Å². The SMILES string of the molecule is CS(=O)(=O)CCC(NC(=O)c1ccccc1Cl)C(=O)Nc1ccc(Cl)cc1F. The number of sulfone groups is 1. The molecular weight excluding hydrogens is 430 g/mol. The summed E-state index contributed by atoms with van der Waals surface area (Å²) in [5, 5.41) is 5.10. The Kier molecular flexibility index (Phi) is 7.40. The largest absolute Gasteiger partial charge is 0.340 e. The van der Waals surface area contributed by atoms with Gasteiger partial charge in [0.25, 0.3) is 5.91 Å². The van der Waals surface area contributed by atoms with Crippen LogP contribution in [0.3, 0.4) is 0 Å². The summed E-state index contributed by atoms with van der Waals surface area (Å²) in [6.45, 7) is 0. The van der Waals surface area contributed by atoms with E-state index in [1.807, 2.05) is 0 Å². The fourth-order valence-corrected chi connectivity index (χ4v) is 3.34. The summed E-state index contributed by atoms with van der Waals surface area (Å²) in [5.74, 6) is -2.54. The molecule has 1 atom stereocenters. The molecule has 2 rings (SSSR count). The molecule has 10 heteroatoms. The molecule has 0 aliphatic carbocycles. The molecule has 6 nitrogen and oxygen atoms in total. The first-order valence-electron chi connectivity index (χ1n) is 8.06. The number of carbonyl (C=O) groups is 2. The quantitative estimate of drug-likeness (QED) is 0.682. The standard InChI is InChI=1S/C18H17Cl2FN2O4S/c1-28(26,27)9-8-16(23-17(24)12-4-2-3-5-13(12)20)18(25)22-15-7-6-11(19)10-14(15)21/h2-7,10,16H,8-9H2,1H3,(H,22,25)(H,23,24). The van der Waals surface area contributed by atoms with Crippen molar-refractivity contribution in [3.05, 3.63) is 63.9 Å². The molecule has 0 aliphatic heterocycles. The molecule has 2 N–H and O–H groups in total. The summed E-state index contributed by atoms with van der Waals surface area (Å²) >= 11 is 11.7. The number of hydrogen-bond acceptors (Lipinski definition) is 4. The van der Waals surface area contributed by atoms with Crippen LogP contribution in [0.5, 0.6) is 0 Å². The number of benzene rings is 2. The van der Waals surface area contributed by atoms with Gasteiger partial charge in [-0.2, -0.15) is 0 Å². The second-order valence-corrected chi connectivity index (χ2v) is 9.14. The minimum atomic E-state index is -3.40. The van der Waals surface area contributed by atoms with E-state index >= 15 is 0 Å². The molecule has 150 valence electrons. The number of hydrogen-bond donors (Lipinski definition) is 2. The molecule has 0 aromatic heterocycles. The van der Waals surface area contributed by atoms with Gasteiger partial charge in [-0.1, -0.05) is 35.3 Å². The molecule has 2 aromatic carbocycles. The number of carbonyl (C=O) groups excluding carboxylic acids is 2. The predicted octanol–water partition coefficient (Wildman–Crippen LogP) is 3.30. The molecule has 1 unspecified atom stereocenters. The second kappa shape index (κ2) is 9.36. The van der Waals surface area contributed by atoms with Crippen LogP contribution in [0.2, 0.25) is 10.0 Å². The topological polar surface area (TPSA) is 92.3 Å². The van der Waals surface area contributed by atoms with Crippen molar-refractivity contribution < 1.29 is 22.4 Å². The molecule has 28 heavy (non-hydrogen) atoms. The summed E-state index contributed by atoms with van der Waals surface area (Å²) in [7, 11) is -3.40. The van der Waals surface area contributed by atoms with Crippen LogP contribution >= 0.6 is 23.2 Å². The van der Waals surface area contributed by atoms with Gasteiger partial charge in [-0.15, -0.1) is 0 Å². The first-order valence-corrected chi connectivity index (χ1v) is 10.9. The molecule has 0 saturated heterocycles. The summed E-state index contributed by atoms with van der Waals surface area (Å²) in [5.41, 5.74) is -0.0234. The minimum Gasteiger partial charge on any atom is -0.340 e. The van der Waals surface area contributed by atoms with Gasteiger partial charge in [-0.3, -0.25) is 9.59 Å². The van der Waals surface area contributed by atoms with Gasteiger partial charge in [0, 0.05) is 11.3 Å². The lowest BCUT2D eigenvalue weighted by Crippen LogP contribution is -2.45. The molecule has 2 aromatic rings. The van der Waals surface area contributed by atoms with E-state index in [1.165, 1.54) is 24.3 Å². The molecule has 0 fully saturated rings. The predicted molar refractivity (Wildman–Crippen MR) is 107 cm³/mol. The van der Waals surface area contributed by atoms with Gasteiger partial charge < -0.3 is 10.6 Å². The normalized spacial score (nSPS) is 12.3. The van der Waals surface area contributed by atoms with Gasteiger partial charge in [0.2, 0.25) is 5.91 Å². The fraction of sp³-hybridized carbons (Fsp3) is 0.222. The lowest BCUT2D eigenvalue weighted by atomic mass is 10.1. The molecule has 0 radical (unpaired) electrons. The van der Waals surface area contributed by atoms with E-state index in [9.17, 15) is 22.4 Å². The van der Waals surface area contributed by atoms with Gasteiger partial charge in [0.1, 0.15) is 21.7 Å². The van der Waals surface area contributed by atoms with E-state index in [-0.39, 0.29) is 33.5 Å². The van der Waals surface area contributed by atoms with Crippen LogP contribution in [0.4, 0.5) is 10.1 Å². The third-order valence-corrected chi connectivity index (χ3v) is 5.25. The van der Waals surface area contributed by atoms with Crippen molar-refractivity contribution >= 4 is 50.5 Å². The molecule has 0 spiro atoms. The maximum absolute atomic E-state index is 13.9. The first kappa shape index (κ1) is 22.1. The van der Waals surface area contributed by atoms with Crippen molar-refractivity contribution in [3.8, 4) is 0 Å². The van der Waals surface area contributed by atoms with Crippen LogP contribution in [0.1, 0.15) is 16.8 Å². The van der Waals surface area contributed by atoms with Gasteiger partial charge in [0.15, 0.2) is 0 Å². The molecular formula is C18H17Cl2FN2O4S. The zero-order chi connectivity index (χ0) is 20.9. The van der Waals surface area contributed by atoms with Crippen molar-refractivity contribution in [2.24, 2.45) is 0 Å². The average molecular weight is 447 g/mol. The smallest absolute Gasteiger partial charge is 0.253 e. The van der Waals surface area contributed by atoms with Crippen molar-refractivity contribution in [1.82, 2.24) is 5.32 Å². The fourth-order valence-electron chi connectivity index (χ4n) is 2.29. The second-order valence-electron chi connectivity index (χ2n) is 6.04. The number of amides is 2. The third-order valence-electron chi connectivity index (χ3n) is 3.71.